The standard InChI is InChI=1S/C20H31N3O3S/c1-16-7-9-19(10-8-16)27(25,26)22-13-11-21(12-14-22)15-20(24)23-17(2)5-4-6-18(23)3/h7-10,17-18H,4-6,11-15H2,1-3H3/t17-,18+. The number of carbonyl (C=O) groups excluding carboxylic acids is 1. The molecule has 3 rings (SSSR count). The van der Waals surface area contributed by atoms with Crippen LogP contribution < -0.4 is 0 Å². The first kappa shape index (κ1) is 20.3. The Morgan fingerprint density at radius 1 is 1.00 bits per heavy atom. The average molecular weight is 394 g/mol. The van der Waals surface area contributed by atoms with Crippen LogP contribution in [0.5, 0.6) is 0 Å². The first-order valence-corrected chi connectivity index (χ1v) is 11.3. The summed E-state index contributed by atoms with van der Waals surface area (Å²) in [5, 5.41) is 0. The summed E-state index contributed by atoms with van der Waals surface area (Å²) in [5.74, 6) is 0.171. The van der Waals surface area contributed by atoms with Crippen molar-refractivity contribution in [1.29, 1.82) is 0 Å². The number of likely N-dealkylation sites (tertiary alicyclic amines) is 1. The number of aryl methyl sites for hydroxylation is 1. The molecule has 7 heteroatoms. The molecule has 0 bridgehead atoms. The molecule has 2 aliphatic heterocycles. The van der Waals surface area contributed by atoms with Gasteiger partial charge >= 0.3 is 0 Å². The summed E-state index contributed by atoms with van der Waals surface area (Å²) in [7, 11) is -3.46. The molecule has 2 fully saturated rings. The van der Waals surface area contributed by atoms with Gasteiger partial charge in [0, 0.05) is 38.3 Å². The van der Waals surface area contributed by atoms with Gasteiger partial charge in [-0.2, -0.15) is 4.31 Å². The smallest absolute Gasteiger partial charge is 0.243 e. The highest BCUT2D eigenvalue weighted by molar-refractivity contribution is 7.89. The molecule has 6 nitrogen and oxygen atoms in total. The average Bonchev–Trinajstić information content (AvgIpc) is 2.62. The lowest BCUT2D eigenvalue weighted by Crippen LogP contribution is -2.54. The maximum atomic E-state index is 12.8. The molecule has 2 saturated heterocycles. The van der Waals surface area contributed by atoms with E-state index in [9.17, 15) is 13.2 Å². The molecule has 0 unspecified atom stereocenters. The third-order valence-electron chi connectivity index (χ3n) is 5.83. The van der Waals surface area contributed by atoms with Gasteiger partial charge in [-0.05, 0) is 52.2 Å². The molecule has 150 valence electrons. The van der Waals surface area contributed by atoms with E-state index in [1.54, 1.807) is 12.1 Å². The highest BCUT2D eigenvalue weighted by Gasteiger charge is 2.32. The second kappa shape index (κ2) is 8.29. The second-order valence-corrected chi connectivity index (χ2v) is 9.86. The quantitative estimate of drug-likeness (QED) is 0.786. The van der Waals surface area contributed by atoms with Crippen molar-refractivity contribution in [3.05, 3.63) is 29.8 Å². The number of sulfonamides is 1. The largest absolute Gasteiger partial charge is 0.336 e. The monoisotopic (exact) mass is 393 g/mol. The Labute approximate surface area is 163 Å². The zero-order valence-electron chi connectivity index (χ0n) is 16.6. The van der Waals surface area contributed by atoms with Crippen molar-refractivity contribution in [2.45, 2.75) is 57.0 Å². The fourth-order valence-electron chi connectivity index (χ4n) is 4.17. The van der Waals surface area contributed by atoms with Gasteiger partial charge < -0.3 is 4.90 Å². The fraction of sp³-hybridized carbons (Fsp3) is 0.650. The summed E-state index contributed by atoms with van der Waals surface area (Å²) < 4.78 is 27.1. The normalized spacial score (nSPS) is 25.5. The van der Waals surface area contributed by atoms with E-state index in [-0.39, 0.29) is 5.91 Å². The van der Waals surface area contributed by atoms with Gasteiger partial charge in [0.05, 0.1) is 11.4 Å². The fourth-order valence-corrected chi connectivity index (χ4v) is 5.60. The Hall–Kier alpha value is -1.44. The SMILES string of the molecule is Cc1ccc(S(=O)(=O)N2CCN(CC(=O)N3[C@H](C)CCC[C@@H]3C)CC2)cc1. The molecular weight excluding hydrogens is 362 g/mol. The van der Waals surface area contributed by atoms with Crippen molar-refractivity contribution in [2.24, 2.45) is 0 Å². The van der Waals surface area contributed by atoms with Crippen LogP contribution in [0.1, 0.15) is 38.7 Å². The van der Waals surface area contributed by atoms with Crippen molar-refractivity contribution in [3.8, 4) is 0 Å². The topological polar surface area (TPSA) is 60.9 Å². The molecule has 1 aromatic rings. The molecular formula is C20H31N3O3S. The molecule has 0 spiro atoms. The van der Waals surface area contributed by atoms with E-state index >= 15 is 0 Å². The lowest BCUT2D eigenvalue weighted by atomic mass is 9.97. The third kappa shape index (κ3) is 4.52. The lowest BCUT2D eigenvalue weighted by molar-refractivity contribution is -0.138. The predicted octanol–water partition coefficient (Wildman–Crippen LogP) is 2.09. The molecule has 2 heterocycles. The molecule has 1 amide bonds. The van der Waals surface area contributed by atoms with E-state index in [1.807, 2.05) is 24.0 Å². The van der Waals surface area contributed by atoms with E-state index < -0.39 is 10.0 Å². The first-order chi connectivity index (χ1) is 12.8. The Kier molecular flexibility index (Phi) is 6.23. The van der Waals surface area contributed by atoms with E-state index in [0.29, 0.717) is 49.7 Å². The minimum atomic E-state index is -3.46. The maximum Gasteiger partial charge on any atom is 0.243 e. The van der Waals surface area contributed by atoms with Gasteiger partial charge in [-0.1, -0.05) is 17.7 Å². The molecule has 0 radical (unpaired) electrons. The molecule has 2 atom stereocenters. The van der Waals surface area contributed by atoms with E-state index in [2.05, 4.69) is 18.7 Å². The van der Waals surface area contributed by atoms with Crippen molar-refractivity contribution in [2.75, 3.05) is 32.7 Å². The van der Waals surface area contributed by atoms with Gasteiger partial charge in [-0.3, -0.25) is 9.69 Å². The Morgan fingerprint density at radius 2 is 1.56 bits per heavy atom. The zero-order valence-corrected chi connectivity index (χ0v) is 17.4. The lowest BCUT2D eigenvalue weighted by Gasteiger charge is -2.41. The van der Waals surface area contributed by atoms with Gasteiger partial charge in [0.25, 0.3) is 0 Å². The van der Waals surface area contributed by atoms with Crippen LogP contribution in [0, 0.1) is 6.92 Å². The van der Waals surface area contributed by atoms with Crippen molar-refractivity contribution >= 4 is 15.9 Å². The molecule has 0 aromatic heterocycles. The van der Waals surface area contributed by atoms with Gasteiger partial charge in [0.15, 0.2) is 0 Å². The minimum Gasteiger partial charge on any atom is -0.336 e. The third-order valence-corrected chi connectivity index (χ3v) is 7.74. The zero-order chi connectivity index (χ0) is 19.6. The summed E-state index contributed by atoms with van der Waals surface area (Å²) in [6.07, 6.45) is 3.32. The number of piperidine rings is 1. The summed E-state index contributed by atoms with van der Waals surface area (Å²) in [4.78, 5) is 17.2. The van der Waals surface area contributed by atoms with Crippen LogP contribution in [0.3, 0.4) is 0 Å². The summed E-state index contributed by atoms with van der Waals surface area (Å²) in [6, 6.07) is 7.57. The molecule has 0 N–H and O–H groups in total. The van der Waals surface area contributed by atoms with Crippen molar-refractivity contribution < 1.29 is 13.2 Å². The van der Waals surface area contributed by atoms with Gasteiger partial charge in [0.1, 0.15) is 0 Å². The minimum absolute atomic E-state index is 0.171. The molecule has 2 aliphatic rings. The number of benzene rings is 1. The number of amides is 1. The van der Waals surface area contributed by atoms with Crippen LogP contribution in [0.25, 0.3) is 0 Å². The number of carbonyl (C=O) groups is 1. The highest BCUT2D eigenvalue weighted by atomic mass is 32.2. The molecule has 1 aromatic carbocycles. The number of hydrogen-bond acceptors (Lipinski definition) is 4. The Bertz CT molecular complexity index is 745. The van der Waals surface area contributed by atoms with E-state index in [4.69, 9.17) is 0 Å². The second-order valence-electron chi connectivity index (χ2n) is 7.92. The van der Waals surface area contributed by atoms with E-state index in [1.165, 1.54) is 10.7 Å². The van der Waals surface area contributed by atoms with Crippen LogP contribution in [-0.4, -0.2) is 73.2 Å². The summed E-state index contributed by atoms with van der Waals surface area (Å²) in [6.45, 7) is 8.60. The van der Waals surface area contributed by atoms with Gasteiger partial charge in [-0.25, -0.2) is 8.42 Å². The molecule has 0 saturated carbocycles. The number of nitrogens with zero attached hydrogens (tertiary/aromatic N) is 3. The maximum absolute atomic E-state index is 12.8. The van der Waals surface area contributed by atoms with Crippen LogP contribution in [0.4, 0.5) is 0 Å². The van der Waals surface area contributed by atoms with Crippen LogP contribution in [-0.2, 0) is 14.8 Å². The summed E-state index contributed by atoms with van der Waals surface area (Å²) >= 11 is 0. The Morgan fingerprint density at radius 3 is 2.11 bits per heavy atom. The first-order valence-electron chi connectivity index (χ1n) is 9.89. The van der Waals surface area contributed by atoms with Crippen molar-refractivity contribution in [3.63, 3.8) is 0 Å². The predicted molar refractivity (Wildman–Crippen MR) is 106 cm³/mol. The highest BCUT2D eigenvalue weighted by Crippen LogP contribution is 2.23. The van der Waals surface area contributed by atoms with Crippen LogP contribution in [0.15, 0.2) is 29.2 Å². The van der Waals surface area contributed by atoms with Crippen molar-refractivity contribution in [1.82, 2.24) is 14.1 Å². The number of rotatable bonds is 4. The molecule has 0 aliphatic carbocycles. The van der Waals surface area contributed by atoms with Gasteiger partial charge in [-0.15, -0.1) is 0 Å². The van der Waals surface area contributed by atoms with Crippen LogP contribution >= 0.6 is 0 Å². The number of hydrogen-bond donors (Lipinski definition) is 0. The summed E-state index contributed by atoms with van der Waals surface area (Å²) in [5.41, 5.74) is 1.04. The molecule has 27 heavy (non-hydrogen) atoms. The number of piperazine rings is 1. The van der Waals surface area contributed by atoms with E-state index in [0.717, 1.165) is 18.4 Å². The van der Waals surface area contributed by atoms with Gasteiger partial charge in [0.2, 0.25) is 15.9 Å². The Balaban J connectivity index is 1.57. The van der Waals surface area contributed by atoms with Crippen LogP contribution in [0.2, 0.25) is 0 Å².